The fourth-order valence-electron chi connectivity index (χ4n) is 2.29. The number of carbonyl (C=O) groups is 2. The lowest BCUT2D eigenvalue weighted by Gasteiger charge is -2.13. The van der Waals surface area contributed by atoms with Gasteiger partial charge in [0.2, 0.25) is 5.75 Å². The highest BCUT2D eigenvalue weighted by molar-refractivity contribution is 6.30. The maximum atomic E-state index is 12.2. The summed E-state index contributed by atoms with van der Waals surface area (Å²) in [6.45, 7) is 3.12. The highest BCUT2D eigenvalue weighted by Gasteiger charge is 2.19. The molecule has 0 heterocycles. The van der Waals surface area contributed by atoms with Gasteiger partial charge in [0.05, 0.1) is 18.1 Å². The van der Waals surface area contributed by atoms with E-state index in [0.29, 0.717) is 0 Å². The van der Waals surface area contributed by atoms with Crippen molar-refractivity contribution >= 4 is 29.2 Å². The Kier molecular flexibility index (Phi) is 7.38. The molecular formula is C19H19ClN2O7. The number of benzene rings is 2. The van der Waals surface area contributed by atoms with Gasteiger partial charge in [-0.1, -0.05) is 11.6 Å². The van der Waals surface area contributed by atoms with Crippen LogP contribution >= 0.6 is 11.6 Å². The van der Waals surface area contributed by atoms with E-state index < -0.39 is 16.8 Å². The summed E-state index contributed by atoms with van der Waals surface area (Å²) < 4.78 is 15.8. The first-order chi connectivity index (χ1) is 13.7. The van der Waals surface area contributed by atoms with Gasteiger partial charge in [-0.2, -0.15) is 0 Å². The van der Waals surface area contributed by atoms with E-state index in [1.807, 2.05) is 0 Å². The highest BCUT2D eigenvalue weighted by atomic mass is 35.5. The number of rotatable bonds is 8. The Hall–Kier alpha value is -3.33. The van der Waals surface area contributed by atoms with E-state index in [1.165, 1.54) is 43.5 Å². The monoisotopic (exact) mass is 422 g/mol. The first-order valence-corrected chi connectivity index (χ1v) is 8.86. The summed E-state index contributed by atoms with van der Waals surface area (Å²) in [4.78, 5) is 34.4. The van der Waals surface area contributed by atoms with Crippen LogP contribution in [0.4, 0.5) is 5.69 Å². The molecule has 10 heteroatoms. The Morgan fingerprint density at radius 3 is 2.45 bits per heavy atom. The summed E-state index contributed by atoms with van der Waals surface area (Å²) in [5.41, 5.74) is -0.109. The smallest absolute Gasteiger partial charge is 0.325 e. The Balaban J connectivity index is 2.18. The van der Waals surface area contributed by atoms with E-state index in [-0.39, 0.29) is 46.2 Å². The fourth-order valence-corrected chi connectivity index (χ4v) is 2.46. The molecule has 0 aliphatic carbocycles. The van der Waals surface area contributed by atoms with Gasteiger partial charge in [0.15, 0.2) is 11.5 Å². The number of nitro benzene ring substituents is 1. The molecular weight excluding hydrogens is 404 g/mol. The first kappa shape index (κ1) is 22.0. The van der Waals surface area contributed by atoms with E-state index in [4.69, 9.17) is 25.8 Å². The molecule has 1 amide bonds. The highest BCUT2D eigenvalue weighted by Crippen LogP contribution is 2.37. The van der Waals surface area contributed by atoms with Crippen LogP contribution in [0.2, 0.25) is 5.02 Å². The van der Waals surface area contributed by atoms with Crippen LogP contribution in [0.5, 0.6) is 17.2 Å². The summed E-state index contributed by atoms with van der Waals surface area (Å²) in [5, 5.41) is 13.8. The van der Waals surface area contributed by atoms with Crippen molar-refractivity contribution in [1.29, 1.82) is 0 Å². The van der Waals surface area contributed by atoms with Gasteiger partial charge in [0, 0.05) is 16.7 Å². The third kappa shape index (κ3) is 6.08. The summed E-state index contributed by atoms with van der Waals surface area (Å²) in [5.74, 6) is -0.782. The molecule has 0 aliphatic heterocycles. The van der Waals surface area contributed by atoms with Crippen LogP contribution in [0.25, 0.3) is 0 Å². The van der Waals surface area contributed by atoms with E-state index in [0.717, 1.165) is 0 Å². The van der Waals surface area contributed by atoms with E-state index in [9.17, 15) is 19.7 Å². The molecule has 2 aromatic rings. The average Bonchev–Trinajstić information content (AvgIpc) is 2.67. The zero-order valence-electron chi connectivity index (χ0n) is 15.9. The number of nitrogens with zero attached hydrogens (tertiary/aromatic N) is 1. The third-order valence-corrected chi connectivity index (χ3v) is 3.76. The van der Waals surface area contributed by atoms with Crippen LogP contribution in [-0.2, 0) is 9.53 Å². The van der Waals surface area contributed by atoms with Crippen LogP contribution in [0.15, 0.2) is 36.4 Å². The molecule has 0 fully saturated rings. The van der Waals surface area contributed by atoms with Crippen molar-refractivity contribution in [3.8, 4) is 17.2 Å². The number of methoxy groups -OCH3 is 1. The Bertz CT molecular complexity index is 931. The average molecular weight is 423 g/mol. The van der Waals surface area contributed by atoms with Crippen molar-refractivity contribution in [3.05, 3.63) is 57.1 Å². The molecule has 2 aromatic carbocycles. The number of halogens is 1. The Labute approximate surface area is 171 Å². The van der Waals surface area contributed by atoms with Crippen molar-refractivity contribution in [3.63, 3.8) is 0 Å². The van der Waals surface area contributed by atoms with Crippen LogP contribution in [0.3, 0.4) is 0 Å². The number of hydrogen-bond acceptors (Lipinski definition) is 7. The predicted molar refractivity (Wildman–Crippen MR) is 105 cm³/mol. The van der Waals surface area contributed by atoms with E-state index >= 15 is 0 Å². The normalized spacial score (nSPS) is 10.4. The molecule has 0 spiro atoms. The fraction of sp³-hybridized carbons (Fsp3) is 0.263. The van der Waals surface area contributed by atoms with Crippen LogP contribution in [0, 0.1) is 10.1 Å². The molecule has 0 unspecified atom stereocenters. The molecule has 0 bridgehead atoms. The molecule has 1 N–H and O–H groups in total. The number of nitro groups is 1. The molecule has 0 aliphatic rings. The minimum atomic E-state index is -0.619. The van der Waals surface area contributed by atoms with Crippen LogP contribution in [-0.4, -0.2) is 36.6 Å². The first-order valence-electron chi connectivity index (χ1n) is 8.48. The van der Waals surface area contributed by atoms with Gasteiger partial charge < -0.3 is 19.5 Å². The largest absolute Gasteiger partial charge is 0.493 e. The maximum Gasteiger partial charge on any atom is 0.325 e. The zero-order chi connectivity index (χ0) is 21.6. The SMILES string of the molecule is COc1cc(C(=O)NCC(=O)OC(C)C)ccc1Oc1ccc(Cl)cc1[N+](=O)[O-]. The number of carbonyl (C=O) groups excluding carboxylic acids is 2. The minimum Gasteiger partial charge on any atom is -0.493 e. The lowest BCUT2D eigenvalue weighted by Crippen LogP contribution is -2.31. The number of hydrogen-bond donors (Lipinski definition) is 1. The van der Waals surface area contributed by atoms with Crippen molar-refractivity contribution < 1.29 is 28.7 Å². The molecule has 154 valence electrons. The molecule has 0 radical (unpaired) electrons. The summed E-state index contributed by atoms with van der Waals surface area (Å²) in [6.07, 6.45) is -0.284. The van der Waals surface area contributed by atoms with Crippen molar-refractivity contribution in [2.24, 2.45) is 0 Å². The van der Waals surface area contributed by atoms with Crippen molar-refractivity contribution in [1.82, 2.24) is 5.32 Å². The van der Waals surface area contributed by atoms with Crippen molar-refractivity contribution in [2.45, 2.75) is 20.0 Å². The Morgan fingerprint density at radius 1 is 1.14 bits per heavy atom. The third-order valence-electron chi connectivity index (χ3n) is 3.52. The zero-order valence-corrected chi connectivity index (χ0v) is 16.7. The van der Waals surface area contributed by atoms with Gasteiger partial charge in [0.25, 0.3) is 5.91 Å². The molecule has 0 saturated heterocycles. The Morgan fingerprint density at radius 2 is 1.83 bits per heavy atom. The van der Waals surface area contributed by atoms with Gasteiger partial charge >= 0.3 is 11.7 Å². The lowest BCUT2D eigenvalue weighted by molar-refractivity contribution is -0.385. The second-order valence-corrected chi connectivity index (χ2v) is 6.49. The molecule has 9 nitrogen and oxygen atoms in total. The lowest BCUT2D eigenvalue weighted by atomic mass is 10.2. The van der Waals surface area contributed by atoms with Gasteiger partial charge in [0.1, 0.15) is 6.54 Å². The second-order valence-electron chi connectivity index (χ2n) is 6.06. The summed E-state index contributed by atoms with van der Waals surface area (Å²) in [6, 6.07) is 8.23. The number of esters is 1. The van der Waals surface area contributed by atoms with Crippen LogP contribution < -0.4 is 14.8 Å². The predicted octanol–water partition coefficient (Wildman–Crippen LogP) is 3.73. The topological polar surface area (TPSA) is 117 Å². The number of amides is 1. The summed E-state index contributed by atoms with van der Waals surface area (Å²) >= 11 is 5.80. The molecule has 0 aromatic heterocycles. The minimum absolute atomic E-state index is 0.0358. The molecule has 0 atom stereocenters. The van der Waals surface area contributed by atoms with Gasteiger partial charge in [-0.15, -0.1) is 0 Å². The van der Waals surface area contributed by atoms with Gasteiger partial charge in [-0.25, -0.2) is 0 Å². The van der Waals surface area contributed by atoms with E-state index in [1.54, 1.807) is 13.8 Å². The molecule has 29 heavy (non-hydrogen) atoms. The van der Waals surface area contributed by atoms with Gasteiger partial charge in [-0.05, 0) is 44.2 Å². The van der Waals surface area contributed by atoms with Crippen LogP contribution in [0.1, 0.15) is 24.2 Å². The molecule has 2 rings (SSSR count). The van der Waals surface area contributed by atoms with E-state index in [2.05, 4.69) is 5.32 Å². The maximum absolute atomic E-state index is 12.2. The summed E-state index contributed by atoms with van der Waals surface area (Å²) in [7, 11) is 1.36. The van der Waals surface area contributed by atoms with Crippen molar-refractivity contribution in [2.75, 3.05) is 13.7 Å². The molecule has 0 saturated carbocycles. The quantitative estimate of drug-likeness (QED) is 0.391. The van der Waals surface area contributed by atoms with Gasteiger partial charge in [-0.3, -0.25) is 19.7 Å². The standard InChI is InChI=1S/C19H19ClN2O7/c1-11(2)28-18(23)10-21-19(24)12-4-6-16(17(8-12)27-3)29-15-7-5-13(20)9-14(15)22(25)26/h4-9,11H,10H2,1-3H3,(H,21,24). The number of nitrogens with one attached hydrogen (secondary N) is 1. The second kappa shape index (κ2) is 9.74. The number of ether oxygens (including phenoxy) is 3.